The van der Waals surface area contributed by atoms with Crippen molar-refractivity contribution in [1.29, 1.82) is 0 Å². The molecular formula is C20H30O5. The number of hydrogen-bond donors (Lipinski definition) is 3. The van der Waals surface area contributed by atoms with Crippen LogP contribution >= 0.6 is 0 Å². The highest BCUT2D eigenvalue weighted by atomic mass is 16.4. The number of aliphatic carboxylic acids is 1. The Balaban J connectivity index is 2.45. The van der Waals surface area contributed by atoms with Gasteiger partial charge in [0.15, 0.2) is 0 Å². The zero-order chi connectivity index (χ0) is 18.7. The molecule has 5 heteroatoms. The summed E-state index contributed by atoms with van der Waals surface area (Å²) in [6.07, 6.45) is 7.36. The number of allylic oxidation sites excluding steroid dienone is 2. The summed E-state index contributed by atoms with van der Waals surface area (Å²) in [4.78, 5) is 22.5. The zero-order valence-electron chi connectivity index (χ0n) is 15.0. The summed E-state index contributed by atoms with van der Waals surface area (Å²) in [5, 5.41) is 28.6. The maximum absolute atomic E-state index is 12.1. The van der Waals surface area contributed by atoms with E-state index in [2.05, 4.69) is 11.8 Å². The number of carboxylic acids is 1. The average Bonchev–Trinajstić information content (AvgIpc) is 2.82. The first kappa shape index (κ1) is 21.4. The van der Waals surface area contributed by atoms with Crippen molar-refractivity contribution in [1.82, 2.24) is 0 Å². The van der Waals surface area contributed by atoms with Gasteiger partial charge in [-0.25, -0.2) is 0 Å². The molecule has 140 valence electrons. The summed E-state index contributed by atoms with van der Waals surface area (Å²) in [6, 6.07) is 0. The Hall–Kier alpha value is -1.64. The molecule has 1 aliphatic rings. The highest BCUT2D eigenvalue weighted by Crippen LogP contribution is 2.35. The molecule has 0 aliphatic heterocycles. The summed E-state index contributed by atoms with van der Waals surface area (Å²) in [6.45, 7) is 2.03. The lowest BCUT2D eigenvalue weighted by Gasteiger charge is -2.20. The monoisotopic (exact) mass is 350 g/mol. The Kier molecular flexibility index (Phi) is 10.1. The van der Waals surface area contributed by atoms with Gasteiger partial charge in [-0.15, -0.1) is 5.92 Å². The predicted octanol–water partition coefficient (Wildman–Crippen LogP) is 2.70. The molecular weight excluding hydrogens is 320 g/mol. The fourth-order valence-corrected chi connectivity index (χ4v) is 3.18. The van der Waals surface area contributed by atoms with Gasteiger partial charge in [0.25, 0.3) is 0 Å². The van der Waals surface area contributed by atoms with E-state index in [0.717, 1.165) is 12.8 Å². The minimum atomic E-state index is -0.803. The van der Waals surface area contributed by atoms with E-state index in [1.165, 1.54) is 0 Å². The lowest BCUT2D eigenvalue weighted by atomic mass is 9.86. The van der Waals surface area contributed by atoms with Gasteiger partial charge in [-0.2, -0.15) is 0 Å². The van der Waals surface area contributed by atoms with E-state index in [1.54, 1.807) is 0 Å². The van der Waals surface area contributed by atoms with Crippen LogP contribution in [0.3, 0.4) is 0 Å². The van der Waals surface area contributed by atoms with Crippen LogP contribution in [0.25, 0.3) is 0 Å². The van der Waals surface area contributed by atoms with Crippen molar-refractivity contribution in [3.63, 3.8) is 0 Å². The van der Waals surface area contributed by atoms with E-state index in [9.17, 15) is 19.8 Å². The molecule has 1 fully saturated rings. The van der Waals surface area contributed by atoms with Gasteiger partial charge in [0.2, 0.25) is 0 Å². The number of hydrogen-bond acceptors (Lipinski definition) is 4. The minimum absolute atomic E-state index is 0.0687. The zero-order valence-corrected chi connectivity index (χ0v) is 15.0. The second-order valence-electron chi connectivity index (χ2n) is 6.67. The molecule has 0 spiro atoms. The maximum atomic E-state index is 12.1. The number of carbonyl (C=O) groups excluding carboxylic acids is 1. The van der Waals surface area contributed by atoms with Crippen molar-refractivity contribution in [2.24, 2.45) is 11.8 Å². The molecule has 0 amide bonds. The number of carbonyl (C=O) groups is 2. The fraction of sp³-hybridized carbons (Fsp3) is 0.700. The molecule has 1 unspecified atom stereocenters. The van der Waals surface area contributed by atoms with Gasteiger partial charge in [0.1, 0.15) is 11.9 Å². The summed E-state index contributed by atoms with van der Waals surface area (Å²) in [7, 11) is 0. The van der Waals surface area contributed by atoms with Crippen molar-refractivity contribution in [2.45, 2.75) is 76.9 Å². The van der Waals surface area contributed by atoms with E-state index >= 15 is 0 Å². The van der Waals surface area contributed by atoms with Gasteiger partial charge >= 0.3 is 5.97 Å². The second-order valence-corrected chi connectivity index (χ2v) is 6.67. The van der Waals surface area contributed by atoms with Gasteiger partial charge in [-0.1, -0.05) is 25.0 Å². The highest BCUT2D eigenvalue weighted by Gasteiger charge is 2.40. The van der Waals surface area contributed by atoms with Gasteiger partial charge < -0.3 is 15.3 Å². The largest absolute Gasteiger partial charge is 0.481 e. The molecule has 0 heterocycles. The first-order chi connectivity index (χ1) is 12.0. The first-order valence-electron chi connectivity index (χ1n) is 9.19. The molecule has 0 saturated heterocycles. The number of rotatable bonds is 10. The maximum Gasteiger partial charge on any atom is 0.303 e. The molecule has 5 nitrogen and oxygen atoms in total. The van der Waals surface area contributed by atoms with Gasteiger partial charge in [-0.3, -0.25) is 9.59 Å². The van der Waals surface area contributed by atoms with Crippen molar-refractivity contribution < 1.29 is 24.9 Å². The van der Waals surface area contributed by atoms with Crippen molar-refractivity contribution in [3.8, 4) is 11.8 Å². The van der Waals surface area contributed by atoms with Crippen LogP contribution in [0, 0.1) is 23.7 Å². The lowest BCUT2D eigenvalue weighted by molar-refractivity contribution is -0.137. The second kappa shape index (κ2) is 11.8. The van der Waals surface area contributed by atoms with Crippen LogP contribution in [0.1, 0.15) is 64.7 Å². The Morgan fingerprint density at radius 1 is 1.40 bits per heavy atom. The third-order valence-corrected chi connectivity index (χ3v) is 4.57. The predicted molar refractivity (Wildman–Crippen MR) is 95.8 cm³/mol. The Morgan fingerprint density at radius 3 is 2.84 bits per heavy atom. The van der Waals surface area contributed by atoms with E-state index < -0.39 is 18.2 Å². The smallest absolute Gasteiger partial charge is 0.303 e. The molecule has 0 radical (unpaired) electrons. The van der Waals surface area contributed by atoms with E-state index in [0.29, 0.717) is 32.1 Å². The lowest BCUT2D eigenvalue weighted by Crippen LogP contribution is -2.22. The van der Waals surface area contributed by atoms with E-state index in [-0.39, 0.29) is 30.5 Å². The summed E-state index contributed by atoms with van der Waals surface area (Å²) < 4.78 is 0. The molecule has 4 atom stereocenters. The first-order valence-corrected chi connectivity index (χ1v) is 9.19. The minimum Gasteiger partial charge on any atom is -0.481 e. The SMILES string of the molecule is CCCC#CC(O)CC[C@H]1[C@H](O)CC(=O)[C@@H]1CC=CCCCC(=O)O. The van der Waals surface area contributed by atoms with Crippen LogP contribution in [0.4, 0.5) is 0 Å². The fourth-order valence-electron chi connectivity index (χ4n) is 3.18. The Bertz CT molecular complexity index is 514. The Labute approximate surface area is 150 Å². The number of aliphatic hydroxyl groups is 2. The summed E-state index contributed by atoms with van der Waals surface area (Å²) >= 11 is 0. The van der Waals surface area contributed by atoms with Crippen LogP contribution in [-0.2, 0) is 9.59 Å². The molecule has 0 aromatic heterocycles. The van der Waals surface area contributed by atoms with Crippen molar-refractivity contribution >= 4 is 11.8 Å². The molecule has 0 bridgehead atoms. The van der Waals surface area contributed by atoms with Crippen LogP contribution < -0.4 is 0 Å². The van der Waals surface area contributed by atoms with Crippen LogP contribution in [0.5, 0.6) is 0 Å². The van der Waals surface area contributed by atoms with Gasteiger partial charge in [-0.05, 0) is 44.4 Å². The van der Waals surface area contributed by atoms with Crippen molar-refractivity contribution in [2.75, 3.05) is 0 Å². The van der Waals surface area contributed by atoms with Gasteiger partial charge in [0, 0.05) is 25.2 Å². The number of aliphatic hydroxyl groups excluding tert-OH is 2. The van der Waals surface area contributed by atoms with Gasteiger partial charge in [0.05, 0.1) is 6.10 Å². The molecule has 1 rings (SSSR count). The number of unbranched alkanes of at least 4 members (excludes halogenated alkanes) is 2. The topological polar surface area (TPSA) is 94.8 Å². The van der Waals surface area contributed by atoms with Crippen LogP contribution in [-0.4, -0.2) is 39.3 Å². The van der Waals surface area contributed by atoms with E-state index in [1.807, 2.05) is 19.1 Å². The molecule has 1 aliphatic carbocycles. The Morgan fingerprint density at radius 2 is 2.16 bits per heavy atom. The third-order valence-electron chi connectivity index (χ3n) is 4.57. The van der Waals surface area contributed by atoms with Crippen LogP contribution in [0.2, 0.25) is 0 Å². The standard InChI is InChI=1S/C20H30O5/c1-2-3-6-9-15(21)12-13-17-16(18(22)14-19(17)23)10-7-4-5-8-11-20(24)25/h4,7,15-17,19,21,23H,2-3,5,8,10-14H2,1H3,(H,24,25)/t15?,16-,17-,19-/m1/s1. The van der Waals surface area contributed by atoms with Crippen LogP contribution in [0.15, 0.2) is 12.2 Å². The summed E-state index contributed by atoms with van der Waals surface area (Å²) in [5.74, 6) is 4.63. The highest BCUT2D eigenvalue weighted by molar-refractivity contribution is 5.84. The molecule has 0 aromatic carbocycles. The molecule has 25 heavy (non-hydrogen) atoms. The quantitative estimate of drug-likeness (QED) is 0.320. The number of ketones is 1. The number of carboxylic acid groups (broad SMARTS) is 1. The average molecular weight is 350 g/mol. The summed E-state index contributed by atoms with van der Waals surface area (Å²) in [5.41, 5.74) is 0. The molecule has 3 N–H and O–H groups in total. The normalized spacial score (nSPS) is 24.3. The number of Topliss-reactive ketones (excluding diaryl/α,β-unsaturated/α-hetero) is 1. The van der Waals surface area contributed by atoms with E-state index in [4.69, 9.17) is 5.11 Å². The molecule has 0 aromatic rings. The third kappa shape index (κ3) is 8.33. The molecule has 1 saturated carbocycles. The van der Waals surface area contributed by atoms with Crippen molar-refractivity contribution in [3.05, 3.63) is 12.2 Å².